The summed E-state index contributed by atoms with van der Waals surface area (Å²) in [6.45, 7) is 3.80. The van der Waals surface area contributed by atoms with Crippen molar-refractivity contribution in [3.8, 4) is 0 Å². The van der Waals surface area contributed by atoms with Crippen molar-refractivity contribution in [2.24, 2.45) is 4.99 Å². The average molecular weight is 253 g/mol. The predicted octanol–water partition coefficient (Wildman–Crippen LogP) is 1.49. The lowest BCUT2D eigenvalue weighted by molar-refractivity contribution is -0.120. The lowest BCUT2D eigenvalue weighted by atomic mass is 10.1. The van der Waals surface area contributed by atoms with Crippen LogP contribution in [0.5, 0.6) is 0 Å². The van der Waals surface area contributed by atoms with E-state index < -0.39 is 17.7 Å². The Morgan fingerprint density at radius 1 is 1.33 bits per heavy atom. The normalized spacial score (nSPS) is 18.8. The van der Waals surface area contributed by atoms with Gasteiger partial charge in [0.25, 0.3) is 5.91 Å². The van der Waals surface area contributed by atoms with Crippen LogP contribution < -0.4 is 10.6 Å². The van der Waals surface area contributed by atoms with Crippen molar-refractivity contribution in [1.82, 2.24) is 10.6 Å². The van der Waals surface area contributed by atoms with E-state index in [0.29, 0.717) is 11.5 Å². The van der Waals surface area contributed by atoms with Crippen LogP contribution in [0, 0.1) is 11.6 Å². The van der Waals surface area contributed by atoms with E-state index in [1.807, 2.05) is 13.8 Å². The molecule has 0 saturated heterocycles. The van der Waals surface area contributed by atoms with Crippen LogP contribution in [0.4, 0.5) is 8.78 Å². The fraction of sp³-hybridized carbons (Fsp3) is 0.333. The van der Waals surface area contributed by atoms with E-state index in [1.165, 1.54) is 6.07 Å². The molecule has 1 unspecified atom stereocenters. The molecule has 4 nitrogen and oxygen atoms in total. The third-order valence-electron chi connectivity index (χ3n) is 2.43. The van der Waals surface area contributed by atoms with E-state index in [0.717, 1.165) is 12.1 Å². The van der Waals surface area contributed by atoms with E-state index in [2.05, 4.69) is 15.6 Å². The van der Waals surface area contributed by atoms with E-state index >= 15 is 0 Å². The number of guanidine groups is 1. The number of carbonyl (C=O) groups is 1. The summed E-state index contributed by atoms with van der Waals surface area (Å²) < 4.78 is 25.9. The van der Waals surface area contributed by atoms with Crippen LogP contribution >= 0.6 is 0 Å². The molecule has 0 fully saturated rings. The fourth-order valence-corrected chi connectivity index (χ4v) is 1.66. The van der Waals surface area contributed by atoms with Gasteiger partial charge in [-0.25, -0.2) is 13.8 Å². The number of halogens is 2. The molecule has 0 radical (unpaired) electrons. The standard InChI is InChI=1S/C12H13F2N3O/c1-6(2)15-12-16-10(11(18)17-12)7-3-4-8(13)9(14)5-7/h3-6,10H,1-2H3,(H2,15,16,17,18). The Bertz CT molecular complexity index is 514. The van der Waals surface area contributed by atoms with Gasteiger partial charge in [-0.1, -0.05) is 6.07 Å². The molecule has 0 spiro atoms. The summed E-state index contributed by atoms with van der Waals surface area (Å²) in [7, 11) is 0. The third kappa shape index (κ3) is 2.47. The van der Waals surface area contributed by atoms with Gasteiger partial charge in [0, 0.05) is 6.04 Å². The first kappa shape index (κ1) is 12.5. The lowest BCUT2D eigenvalue weighted by Crippen LogP contribution is -2.40. The van der Waals surface area contributed by atoms with Crippen molar-refractivity contribution in [3.05, 3.63) is 35.4 Å². The molecule has 2 N–H and O–H groups in total. The summed E-state index contributed by atoms with van der Waals surface area (Å²) >= 11 is 0. The monoisotopic (exact) mass is 253 g/mol. The molecule has 0 aliphatic carbocycles. The first-order chi connectivity index (χ1) is 8.47. The number of nitrogens with one attached hydrogen (secondary N) is 2. The zero-order valence-corrected chi connectivity index (χ0v) is 10.00. The minimum Gasteiger partial charge on any atom is -0.354 e. The highest BCUT2D eigenvalue weighted by molar-refractivity contribution is 6.05. The van der Waals surface area contributed by atoms with Gasteiger partial charge in [-0.15, -0.1) is 0 Å². The average Bonchev–Trinajstić information content (AvgIpc) is 2.62. The topological polar surface area (TPSA) is 53.5 Å². The molecule has 0 saturated carbocycles. The Kier molecular flexibility index (Phi) is 3.27. The van der Waals surface area contributed by atoms with Gasteiger partial charge in [0.2, 0.25) is 0 Å². The van der Waals surface area contributed by atoms with Gasteiger partial charge >= 0.3 is 0 Å². The Labute approximate surface area is 103 Å². The Morgan fingerprint density at radius 2 is 2.06 bits per heavy atom. The molecule has 1 atom stereocenters. The number of hydrogen-bond acceptors (Lipinski definition) is 3. The van der Waals surface area contributed by atoms with Crippen molar-refractivity contribution >= 4 is 11.9 Å². The van der Waals surface area contributed by atoms with E-state index in [1.54, 1.807) is 0 Å². The minimum atomic E-state index is -0.985. The van der Waals surface area contributed by atoms with Crippen LogP contribution in [0.1, 0.15) is 25.5 Å². The molecule has 6 heteroatoms. The van der Waals surface area contributed by atoms with Crippen molar-refractivity contribution in [2.75, 3.05) is 0 Å². The fourth-order valence-electron chi connectivity index (χ4n) is 1.66. The van der Waals surface area contributed by atoms with Crippen LogP contribution in [0.2, 0.25) is 0 Å². The Morgan fingerprint density at radius 3 is 2.67 bits per heavy atom. The highest BCUT2D eigenvalue weighted by Crippen LogP contribution is 2.22. The van der Waals surface area contributed by atoms with Gasteiger partial charge in [-0.05, 0) is 31.5 Å². The molecule has 1 aliphatic heterocycles. The lowest BCUT2D eigenvalue weighted by Gasteiger charge is -2.07. The zero-order chi connectivity index (χ0) is 13.3. The van der Waals surface area contributed by atoms with Crippen molar-refractivity contribution in [3.63, 3.8) is 0 Å². The maximum Gasteiger partial charge on any atom is 0.256 e. The number of benzene rings is 1. The molecule has 2 rings (SSSR count). The molecular formula is C12H13F2N3O. The van der Waals surface area contributed by atoms with Gasteiger partial charge in [0.1, 0.15) is 0 Å². The quantitative estimate of drug-likeness (QED) is 0.839. The summed E-state index contributed by atoms with van der Waals surface area (Å²) in [5, 5.41) is 5.50. The largest absolute Gasteiger partial charge is 0.354 e. The minimum absolute atomic E-state index is 0.118. The van der Waals surface area contributed by atoms with Crippen LogP contribution in [0.25, 0.3) is 0 Å². The Hall–Kier alpha value is -1.98. The van der Waals surface area contributed by atoms with Gasteiger partial charge in [-0.3, -0.25) is 10.1 Å². The number of carbonyl (C=O) groups excluding carboxylic acids is 1. The molecule has 1 heterocycles. The van der Waals surface area contributed by atoms with Crippen LogP contribution in [0.3, 0.4) is 0 Å². The van der Waals surface area contributed by atoms with Crippen molar-refractivity contribution in [1.29, 1.82) is 0 Å². The molecule has 0 bridgehead atoms. The van der Waals surface area contributed by atoms with Crippen LogP contribution in [0.15, 0.2) is 23.2 Å². The molecule has 1 aliphatic rings. The first-order valence-corrected chi connectivity index (χ1v) is 5.57. The molecule has 96 valence electrons. The highest BCUT2D eigenvalue weighted by Gasteiger charge is 2.28. The van der Waals surface area contributed by atoms with E-state index in [4.69, 9.17) is 0 Å². The first-order valence-electron chi connectivity index (χ1n) is 5.57. The molecule has 1 aromatic rings. The molecule has 0 aromatic heterocycles. The zero-order valence-electron chi connectivity index (χ0n) is 10.00. The van der Waals surface area contributed by atoms with E-state index in [9.17, 15) is 13.6 Å². The summed E-state index contributed by atoms with van der Waals surface area (Å²) in [6, 6.07) is 2.61. The predicted molar refractivity (Wildman–Crippen MR) is 62.9 cm³/mol. The summed E-state index contributed by atoms with van der Waals surface area (Å²) in [5.74, 6) is -1.93. The number of nitrogens with zero attached hydrogens (tertiary/aromatic N) is 1. The summed E-state index contributed by atoms with van der Waals surface area (Å²) in [5.41, 5.74) is 0.326. The van der Waals surface area contributed by atoms with Crippen LogP contribution in [-0.2, 0) is 4.79 Å². The summed E-state index contributed by atoms with van der Waals surface area (Å²) in [4.78, 5) is 15.8. The maximum absolute atomic E-state index is 13.1. The van der Waals surface area contributed by atoms with Crippen molar-refractivity contribution < 1.29 is 13.6 Å². The van der Waals surface area contributed by atoms with Crippen molar-refractivity contribution in [2.45, 2.75) is 25.9 Å². The van der Waals surface area contributed by atoms with E-state index in [-0.39, 0.29) is 11.9 Å². The number of hydrogen-bond donors (Lipinski definition) is 2. The van der Waals surface area contributed by atoms with Gasteiger partial charge < -0.3 is 5.32 Å². The van der Waals surface area contributed by atoms with Gasteiger partial charge in [0.05, 0.1) is 0 Å². The number of amides is 1. The highest BCUT2D eigenvalue weighted by atomic mass is 19.2. The number of aliphatic imine (C=N–C) groups is 1. The second kappa shape index (κ2) is 4.72. The molecule has 1 aromatic carbocycles. The number of rotatable bonds is 2. The Balaban J connectivity index is 2.24. The SMILES string of the molecule is CC(C)NC1=NC(c2ccc(F)c(F)c2)C(=O)N1. The molecular weight excluding hydrogens is 240 g/mol. The molecule has 18 heavy (non-hydrogen) atoms. The summed E-state index contributed by atoms with van der Waals surface area (Å²) in [6.07, 6.45) is 0. The third-order valence-corrected chi connectivity index (χ3v) is 2.43. The van der Waals surface area contributed by atoms with Crippen LogP contribution in [-0.4, -0.2) is 17.9 Å². The second-order valence-corrected chi connectivity index (χ2v) is 4.34. The van der Waals surface area contributed by atoms with Gasteiger partial charge in [0.15, 0.2) is 23.6 Å². The molecule has 1 amide bonds. The van der Waals surface area contributed by atoms with Gasteiger partial charge in [-0.2, -0.15) is 0 Å². The maximum atomic E-state index is 13.1. The second-order valence-electron chi connectivity index (χ2n) is 4.34. The smallest absolute Gasteiger partial charge is 0.256 e.